The van der Waals surface area contributed by atoms with Crippen LogP contribution in [-0.4, -0.2) is 36.6 Å². The lowest BCUT2D eigenvalue weighted by Crippen LogP contribution is -2.59. The molecule has 1 saturated heterocycles. The van der Waals surface area contributed by atoms with Crippen LogP contribution in [0.4, 0.5) is 14.5 Å². The van der Waals surface area contributed by atoms with Crippen molar-refractivity contribution in [2.24, 2.45) is 5.73 Å². The van der Waals surface area contributed by atoms with Crippen LogP contribution in [0, 0.1) is 0 Å². The largest absolute Gasteiger partial charge is 0.435 e. The monoisotopic (exact) mass is 369 g/mol. The number of nitrogens with zero attached hydrogens (tertiary/aromatic N) is 1. The maximum atomic E-state index is 12.7. The number of carbonyl (C=O) groups is 2. The van der Waals surface area contributed by atoms with Crippen LogP contribution < -0.4 is 20.7 Å². The molecular formula is C18H25F2N3O3. The first-order chi connectivity index (χ1) is 12.2. The highest BCUT2D eigenvalue weighted by Crippen LogP contribution is 2.25. The van der Waals surface area contributed by atoms with E-state index in [9.17, 15) is 18.4 Å². The first-order valence-electron chi connectivity index (χ1n) is 8.70. The minimum Gasteiger partial charge on any atom is -0.435 e. The van der Waals surface area contributed by atoms with Gasteiger partial charge in [-0.05, 0) is 50.5 Å². The van der Waals surface area contributed by atoms with Crippen molar-refractivity contribution in [3.63, 3.8) is 0 Å². The van der Waals surface area contributed by atoms with Crippen molar-refractivity contribution in [3.05, 3.63) is 24.3 Å². The number of nitrogens with two attached hydrogens (primary N) is 1. The van der Waals surface area contributed by atoms with Crippen molar-refractivity contribution in [3.8, 4) is 5.75 Å². The summed E-state index contributed by atoms with van der Waals surface area (Å²) in [7, 11) is 0. The summed E-state index contributed by atoms with van der Waals surface area (Å²) >= 11 is 0. The molecule has 0 bridgehead atoms. The number of amides is 2. The predicted molar refractivity (Wildman–Crippen MR) is 94.1 cm³/mol. The van der Waals surface area contributed by atoms with E-state index in [1.807, 2.05) is 6.92 Å². The lowest BCUT2D eigenvalue weighted by atomic mass is 9.95. The van der Waals surface area contributed by atoms with Crippen LogP contribution in [0.5, 0.6) is 5.75 Å². The molecule has 6 nitrogen and oxygen atoms in total. The van der Waals surface area contributed by atoms with Gasteiger partial charge in [-0.25, -0.2) is 0 Å². The van der Waals surface area contributed by atoms with Crippen molar-refractivity contribution in [1.82, 2.24) is 5.32 Å². The summed E-state index contributed by atoms with van der Waals surface area (Å²) in [5.41, 5.74) is 5.57. The Labute approximate surface area is 151 Å². The molecule has 0 aromatic heterocycles. The smallest absolute Gasteiger partial charge is 0.387 e. The number of anilines is 1. The second-order valence-corrected chi connectivity index (χ2v) is 6.70. The van der Waals surface area contributed by atoms with Crippen LogP contribution in [0.1, 0.15) is 39.5 Å². The average Bonchev–Trinajstić information content (AvgIpc) is 2.57. The number of hydrogen-bond donors (Lipinski definition) is 2. The first-order valence-corrected chi connectivity index (χ1v) is 8.70. The van der Waals surface area contributed by atoms with Crippen molar-refractivity contribution in [2.75, 3.05) is 11.4 Å². The number of nitrogens with one attached hydrogen (secondary N) is 1. The zero-order valence-electron chi connectivity index (χ0n) is 15.0. The number of alkyl halides is 2. The van der Waals surface area contributed by atoms with Crippen molar-refractivity contribution in [2.45, 2.75) is 57.7 Å². The maximum Gasteiger partial charge on any atom is 0.387 e. The number of hydrogen-bond acceptors (Lipinski definition) is 4. The van der Waals surface area contributed by atoms with Gasteiger partial charge in [-0.1, -0.05) is 13.3 Å². The molecule has 2 amide bonds. The van der Waals surface area contributed by atoms with Crippen molar-refractivity contribution >= 4 is 17.5 Å². The quantitative estimate of drug-likeness (QED) is 0.773. The lowest BCUT2D eigenvalue weighted by molar-refractivity contribution is -0.131. The molecule has 0 aliphatic carbocycles. The topological polar surface area (TPSA) is 84.7 Å². The van der Waals surface area contributed by atoms with Crippen molar-refractivity contribution < 1.29 is 23.1 Å². The predicted octanol–water partition coefficient (Wildman–Crippen LogP) is 2.42. The number of halogens is 2. The Balaban J connectivity index is 2.06. The summed E-state index contributed by atoms with van der Waals surface area (Å²) in [6.45, 7) is 1.19. The van der Waals surface area contributed by atoms with E-state index in [1.165, 1.54) is 17.0 Å². The Hall–Kier alpha value is -2.22. The number of rotatable bonds is 7. The highest BCUT2D eigenvalue weighted by molar-refractivity contribution is 6.00. The Bertz CT molecular complexity index is 635. The zero-order chi connectivity index (χ0) is 19.3. The molecular weight excluding hydrogens is 344 g/mol. The molecule has 2 rings (SSSR count). The molecule has 26 heavy (non-hydrogen) atoms. The number of ether oxygens (including phenoxy) is 1. The molecule has 2 unspecified atom stereocenters. The summed E-state index contributed by atoms with van der Waals surface area (Å²) < 4.78 is 28.8. The van der Waals surface area contributed by atoms with E-state index >= 15 is 0 Å². The Morgan fingerprint density at radius 1 is 1.42 bits per heavy atom. The molecule has 1 heterocycles. The SMILES string of the molecule is CCCC(C)(N)C(=O)NC1CCCN(c2ccc(OC(F)F)cc2)C1=O. The molecule has 144 valence electrons. The van der Waals surface area contributed by atoms with E-state index in [-0.39, 0.29) is 17.6 Å². The fourth-order valence-electron chi connectivity index (χ4n) is 3.03. The van der Waals surface area contributed by atoms with E-state index in [1.54, 1.807) is 19.1 Å². The van der Waals surface area contributed by atoms with Gasteiger partial charge in [-0.15, -0.1) is 0 Å². The normalized spacial score (nSPS) is 20.0. The van der Waals surface area contributed by atoms with Gasteiger partial charge in [-0.2, -0.15) is 8.78 Å². The van der Waals surface area contributed by atoms with Crippen LogP contribution in [0.2, 0.25) is 0 Å². The molecule has 3 N–H and O–H groups in total. The van der Waals surface area contributed by atoms with Crippen molar-refractivity contribution in [1.29, 1.82) is 0 Å². The van der Waals surface area contributed by atoms with E-state index in [0.717, 1.165) is 6.42 Å². The molecule has 8 heteroatoms. The fraction of sp³-hybridized carbons (Fsp3) is 0.556. The number of carbonyl (C=O) groups excluding carboxylic acids is 2. The third-order valence-electron chi connectivity index (χ3n) is 4.41. The van der Waals surface area contributed by atoms with Gasteiger partial charge in [-0.3, -0.25) is 9.59 Å². The molecule has 1 fully saturated rings. The van der Waals surface area contributed by atoms with Gasteiger partial charge in [0.15, 0.2) is 0 Å². The summed E-state index contributed by atoms with van der Waals surface area (Å²) in [6, 6.07) is 5.21. The van der Waals surface area contributed by atoms with Crippen LogP contribution in [0.25, 0.3) is 0 Å². The molecule has 0 radical (unpaired) electrons. The maximum absolute atomic E-state index is 12.7. The molecule has 0 saturated carbocycles. The Morgan fingerprint density at radius 3 is 2.65 bits per heavy atom. The van der Waals surface area contributed by atoms with E-state index in [0.29, 0.717) is 31.5 Å². The molecule has 2 atom stereocenters. The molecule has 1 aromatic carbocycles. The van der Waals surface area contributed by atoms with Gasteiger partial charge in [0.2, 0.25) is 11.8 Å². The molecule has 0 spiro atoms. The fourth-order valence-corrected chi connectivity index (χ4v) is 3.03. The van der Waals surface area contributed by atoms with Gasteiger partial charge in [0.25, 0.3) is 0 Å². The van der Waals surface area contributed by atoms with Crippen LogP contribution in [0.3, 0.4) is 0 Å². The second kappa shape index (κ2) is 8.44. The van der Waals surface area contributed by atoms with Gasteiger partial charge < -0.3 is 20.7 Å². The van der Waals surface area contributed by atoms with Crippen LogP contribution in [-0.2, 0) is 9.59 Å². The van der Waals surface area contributed by atoms with E-state index < -0.39 is 18.2 Å². The van der Waals surface area contributed by atoms with Gasteiger partial charge in [0.05, 0.1) is 5.54 Å². The van der Waals surface area contributed by atoms with Gasteiger partial charge in [0, 0.05) is 12.2 Å². The standard InChI is InChI=1S/C18H25F2N3O3/c1-3-10-18(2,21)16(25)22-14-5-4-11-23(15(14)24)12-6-8-13(9-7-12)26-17(19)20/h6-9,14,17H,3-5,10-11,21H2,1-2H3,(H,22,25). The van der Waals surface area contributed by atoms with Crippen LogP contribution in [0.15, 0.2) is 24.3 Å². The summed E-state index contributed by atoms with van der Waals surface area (Å²) in [5.74, 6) is -0.559. The Kier molecular flexibility index (Phi) is 6.52. The van der Waals surface area contributed by atoms with E-state index in [4.69, 9.17) is 5.73 Å². The molecule has 1 aromatic rings. The van der Waals surface area contributed by atoms with E-state index in [2.05, 4.69) is 10.1 Å². The number of piperidine rings is 1. The molecule has 1 aliphatic heterocycles. The minimum atomic E-state index is -2.90. The highest BCUT2D eigenvalue weighted by atomic mass is 19.3. The summed E-state index contributed by atoms with van der Waals surface area (Å²) in [4.78, 5) is 26.6. The Morgan fingerprint density at radius 2 is 2.08 bits per heavy atom. The zero-order valence-corrected chi connectivity index (χ0v) is 15.0. The average molecular weight is 369 g/mol. The highest BCUT2D eigenvalue weighted by Gasteiger charge is 2.35. The van der Waals surface area contributed by atoms with Crippen LogP contribution >= 0.6 is 0 Å². The minimum absolute atomic E-state index is 0.0246. The first kappa shape index (κ1) is 20.1. The summed E-state index contributed by atoms with van der Waals surface area (Å²) in [5, 5.41) is 2.75. The number of benzene rings is 1. The lowest BCUT2D eigenvalue weighted by Gasteiger charge is -2.34. The third-order valence-corrected chi connectivity index (χ3v) is 4.41. The summed E-state index contributed by atoms with van der Waals surface area (Å²) in [6.07, 6.45) is 2.53. The third kappa shape index (κ3) is 4.91. The van der Waals surface area contributed by atoms with Gasteiger partial charge in [0.1, 0.15) is 11.8 Å². The molecule has 1 aliphatic rings. The van der Waals surface area contributed by atoms with Gasteiger partial charge >= 0.3 is 6.61 Å². The second-order valence-electron chi connectivity index (χ2n) is 6.70.